The van der Waals surface area contributed by atoms with Crippen LogP contribution >= 0.6 is 7.15 Å². The molecule has 1 aromatic rings. The van der Waals surface area contributed by atoms with Crippen molar-refractivity contribution in [1.82, 2.24) is 0 Å². The summed E-state index contributed by atoms with van der Waals surface area (Å²) >= 11 is 4.93. The molecule has 2 rings (SSSR count). The van der Waals surface area contributed by atoms with Crippen LogP contribution in [-0.2, 0) is 20.9 Å². The molecule has 0 amide bonds. The van der Waals surface area contributed by atoms with Gasteiger partial charge >= 0.3 is 7.15 Å². The van der Waals surface area contributed by atoms with E-state index in [1.807, 2.05) is 6.07 Å². The van der Waals surface area contributed by atoms with Crippen molar-refractivity contribution in [2.75, 3.05) is 6.61 Å². The fourth-order valence-corrected chi connectivity index (χ4v) is 2.64. The SMILES string of the molecule is Fc1cccc(C2CCO[P+](=S)O2)c1. The van der Waals surface area contributed by atoms with Gasteiger partial charge in [0, 0.05) is 6.42 Å². The monoisotopic (exact) mass is 231 g/mol. The van der Waals surface area contributed by atoms with Gasteiger partial charge in [0.2, 0.25) is 11.8 Å². The molecule has 2 nitrogen and oxygen atoms in total. The molecule has 0 bridgehead atoms. The van der Waals surface area contributed by atoms with Crippen LogP contribution in [0.15, 0.2) is 24.3 Å². The zero-order valence-electron chi connectivity index (χ0n) is 7.35. The van der Waals surface area contributed by atoms with Gasteiger partial charge in [0.25, 0.3) is 0 Å². The van der Waals surface area contributed by atoms with Crippen molar-refractivity contribution >= 4 is 19.0 Å². The van der Waals surface area contributed by atoms with E-state index in [1.165, 1.54) is 12.1 Å². The number of halogens is 1. The molecule has 0 saturated carbocycles. The van der Waals surface area contributed by atoms with Crippen molar-refractivity contribution in [2.24, 2.45) is 0 Å². The van der Waals surface area contributed by atoms with Gasteiger partial charge in [0.05, 0.1) is 0 Å². The second-order valence-corrected chi connectivity index (χ2v) is 4.81. The van der Waals surface area contributed by atoms with Gasteiger partial charge in [-0.05, 0) is 17.7 Å². The van der Waals surface area contributed by atoms with Crippen molar-refractivity contribution in [3.63, 3.8) is 0 Å². The number of rotatable bonds is 1. The standard InChI is InChI=1S/C9H9FO2PS/c10-8-3-1-2-7(6-8)9-4-5-11-13(14)12-9/h1-3,6,9H,4-5H2/q+1. The average molecular weight is 231 g/mol. The van der Waals surface area contributed by atoms with E-state index in [9.17, 15) is 4.39 Å². The fourth-order valence-electron chi connectivity index (χ4n) is 1.36. The Morgan fingerprint density at radius 1 is 1.50 bits per heavy atom. The summed E-state index contributed by atoms with van der Waals surface area (Å²) in [6.45, 7) is 0.594. The normalized spacial score (nSPS) is 24.9. The molecule has 1 fully saturated rings. The van der Waals surface area contributed by atoms with Gasteiger partial charge in [-0.3, -0.25) is 0 Å². The summed E-state index contributed by atoms with van der Waals surface area (Å²) in [6, 6.07) is 6.42. The van der Waals surface area contributed by atoms with E-state index in [2.05, 4.69) is 0 Å². The predicted octanol–water partition coefficient (Wildman–Crippen LogP) is 3.08. The van der Waals surface area contributed by atoms with E-state index >= 15 is 0 Å². The van der Waals surface area contributed by atoms with Gasteiger partial charge in [-0.2, -0.15) is 0 Å². The van der Waals surface area contributed by atoms with Crippen LogP contribution in [0.4, 0.5) is 4.39 Å². The molecule has 0 radical (unpaired) electrons. The van der Waals surface area contributed by atoms with Crippen LogP contribution in [-0.4, -0.2) is 6.61 Å². The third-order valence-electron chi connectivity index (χ3n) is 2.01. The first-order valence-electron chi connectivity index (χ1n) is 4.28. The molecule has 0 N–H and O–H groups in total. The van der Waals surface area contributed by atoms with Crippen molar-refractivity contribution < 1.29 is 13.4 Å². The second-order valence-electron chi connectivity index (χ2n) is 2.99. The van der Waals surface area contributed by atoms with Crippen LogP contribution in [0.2, 0.25) is 0 Å². The van der Waals surface area contributed by atoms with Crippen molar-refractivity contribution in [3.05, 3.63) is 35.6 Å². The molecule has 74 valence electrons. The third-order valence-corrected chi connectivity index (χ3v) is 3.40. The summed E-state index contributed by atoms with van der Waals surface area (Å²) in [5, 5.41) is 0. The molecule has 1 aliphatic heterocycles. The van der Waals surface area contributed by atoms with Crippen LogP contribution in [0.25, 0.3) is 0 Å². The number of hydrogen-bond donors (Lipinski definition) is 0. The lowest BCUT2D eigenvalue weighted by atomic mass is 10.1. The molecule has 14 heavy (non-hydrogen) atoms. The number of benzene rings is 1. The summed E-state index contributed by atoms with van der Waals surface area (Å²) in [7, 11) is -1.20. The highest BCUT2D eigenvalue weighted by atomic mass is 32.4. The summed E-state index contributed by atoms with van der Waals surface area (Å²) in [6.07, 6.45) is 0.627. The van der Waals surface area contributed by atoms with E-state index < -0.39 is 7.15 Å². The lowest BCUT2D eigenvalue weighted by Crippen LogP contribution is -2.09. The first-order valence-corrected chi connectivity index (χ1v) is 6.47. The van der Waals surface area contributed by atoms with Crippen molar-refractivity contribution in [2.45, 2.75) is 12.5 Å². The highest BCUT2D eigenvalue weighted by Crippen LogP contribution is 2.40. The van der Waals surface area contributed by atoms with Gasteiger partial charge in [-0.15, -0.1) is 9.05 Å². The Hall–Kier alpha value is -0.410. The van der Waals surface area contributed by atoms with Crippen LogP contribution in [0, 0.1) is 5.82 Å². The molecule has 2 unspecified atom stereocenters. The van der Waals surface area contributed by atoms with E-state index in [0.29, 0.717) is 6.61 Å². The molecule has 1 saturated heterocycles. The maximum absolute atomic E-state index is 12.9. The minimum absolute atomic E-state index is 0.108. The third kappa shape index (κ3) is 2.34. The van der Waals surface area contributed by atoms with E-state index in [4.69, 9.17) is 20.9 Å². The van der Waals surface area contributed by atoms with Crippen molar-refractivity contribution in [3.8, 4) is 0 Å². The molecule has 0 aliphatic carbocycles. The Kier molecular flexibility index (Phi) is 3.19. The van der Waals surface area contributed by atoms with E-state index in [1.54, 1.807) is 6.07 Å². The predicted molar refractivity (Wildman–Crippen MR) is 55.1 cm³/mol. The van der Waals surface area contributed by atoms with Gasteiger partial charge < -0.3 is 0 Å². The minimum atomic E-state index is -1.20. The van der Waals surface area contributed by atoms with Crippen molar-refractivity contribution in [1.29, 1.82) is 0 Å². The van der Waals surface area contributed by atoms with E-state index in [0.717, 1.165) is 12.0 Å². The first-order chi connectivity index (χ1) is 6.75. The van der Waals surface area contributed by atoms with Crippen LogP contribution < -0.4 is 0 Å². The number of hydrogen-bond acceptors (Lipinski definition) is 3. The average Bonchev–Trinajstić information content (AvgIpc) is 2.18. The molecular formula is C9H9FO2PS+. The van der Waals surface area contributed by atoms with Gasteiger partial charge in [-0.1, -0.05) is 12.1 Å². The summed E-state index contributed by atoms with van der Waals surface area (Å²) in [4.78, 5) is 0. The second kappa shape index (κ2) is 4.41. The Bertz CT molecular complexity index is 358. The molecule has 0 aromatic heterocycles. The molecular weight excluding hydrogens is 222 g/mol. The topological polar surface area (TPSA) is 18.5 Å². The Balaban J connectivity index is 2.17. The van der Waals surface area contributed by atoms with Crippen LogP contribution in [0.3, 0.4) is 0 Å². The van der Waals surface area contributed by atoms with Crippen LogP contribution in [0.1, 0.15) is 18.1 Å². The minimum Gasteiger partial charge on any atom is -0.207 e. The summed E-state index contributed by atoms with van der Waals surface area (Å²) in [5.41, 5.74) is 0.839. The Morgan fingerprint density at radius 2 is 2.36 bits per heavy atom. The smallest absolute Gasteiger partial charge is 0.207 e. The first kappa shape index (κ1) is 10.1. The molecule has 1 aromatic carbocycles. The highest BCUT2D eigenvalue weighted by Gasteiger charge is 2.30. The maximum atomic E-state index is 12.9. The molecule has 0 spiro atoms. The summed E-state index contributed by atoms with van der Waals surface area (Å²) in [5.74, 6) is -0.244. The zero-order chi connectivity index (χ0) is 9.97. The zero-order valence-corrected chi connectivity index (χ0v) is 9.06. The van der Waals surface area contributed by atoms with Gasteiger partial charge in [-0.25, -0.2) is 4.39 Å². The van der Waals surface area contributed by atoms with Gasteiger partial charge in [0.15, 0.2) is 0 Å². The highest BCUT2D eigenvalue weighted by molar-refractivity contribution is 8.00. The molecule has 1 aliphatic rings. The largest absolute Gasteiger partial charge is 0.522 e. The summed E-state index contributed by atoms with van der Waals surface area (Å²) < 4.78 is 23.5. The fraction of sp³-hybridized carbons (Fsp3) is 0.333. The molecule has 2 atom stereocenters. The molecule has 1 heterocycles. The quantitative estimate of drug-likeness (QED) is 0.692. The van der Waals surface area contributed by atoms with E-state index in [-0.39, 0.29) is 11.9 Å². The van der Waals surface area contributed by atoms with Crippen LogP contribution in [0.5, 0.6) is 0 Å². The Morgan fingerprint density at radius 3 is 3.07 bits per heavy atom. The maximum Gasteiger partial charge on any atom is 0.522 e. The Labute approximate surface area is 87.6 Å². The molecule has 5 heteroatoms. The van der Waals surface area contributed by atoms with Gasteiger partial charge in [0.1, 0.15) is 18.5 Å². The lowest BCUT2D eigenvalue weighted by molar-refractivity contribution is 0.119. The lowest BCUT2D eigenvalue weighted by Gasteiger charge is -2.14.